The van der Waals surface area contributed by atoms with Gasteiger partial charge in [-0.3, -0.25) is 4.79 Å². The number of rotatable bonds is 34. The third-order valence-corrected chi connectivity index (χ3v) is 9.57. The van der Waals surface area contributed by atoms with Crippen LogP contribution in [-0.4, -0.2) is 87.5 Å². The Bertz CT molecular complexity index is 1260. The molecule has 0 saturated carbocycles. The molecule has 0 aromatic rings. The molecule has 1 aliphatic heterocycles. The van der Waals surface area contributed by atoms with Crippen LogP contribution in [0, 0.1) is 0 Å². The largest absolute Gasteiger partial charge is 0.394 e. The van der Waals surface area contributed by atoms with Crippen LogP contribution in [0.5, 0.6) is 0 Å². The number of amides is 1. The van der Waals surface area contributed by atoms with Crippen molar-refractivity contribution in [1.82, 2.24) is 5.32 Å². The van der Waals surface area contributed by atoms with Gasteiger partial charge in [0.05, 0.1) is 25.4 Å². The van der Waals surface area contributed by atoms with Gasteiger partial charge in [0.25, 0.3) is 0 Å². The Morgan fingerprint density at radius 3 is 1.64 bits per heavy atom. The number of unbranched alkanes of at least 4 members (excludes halogenated alkanes) is 8. The van der Waals surface area contributed by atoms with Gasteiger partial charge in [-0.25, -0.2) is 0 Å². The lowest BCUT2D eigenvalue weighted by molar-refractivity contribution is -0.302. The van der Waals surface area contributed by atoms with Crippen LogP contribution in [0.25, 0.3) is 0 Å². The second-order valence-corrected chi connectivity index (χ2v) is 14.7. The first-order chi connectivity index (χ1) is 28.3. The molecule has 1 rings (SSSR count). The third-order valence-electron chi connectivity index (χ3n) is 9.57. The molecule has 7 atom stereocenters. The highest BCUT2D eigenvalue weighted by Gasteiger charge is 2.44. The lowest BCUT2D eigenvalue weighted by Gasteiger charge is -2.40. The molecular weight excluding hydrogens is 731 g/mol. The SMILES string of the molecule is CC/C=C\C/C=C\C/C=C\C/C=C\C/C=C\C/C=C\CCC(=O)NC(COC1OC(CO)C(O)C(O)C1O)C(O)/C=C/CC/C=C/CC/C=C/CCCCCCCC. The van der Waals surface area contributed by atoms with Crippen LogP contribution < -0.4 is 5.32 Å². The molecule has 9 heteroatoms. The van der Waals surface area contributed by atoms with Gasteiger partial charge in [-0.1, -0.05) is 155 Å². The molecule has 7 unspecified atom stereocenters. The Morgan fingerprint density at radius 1 is 0.603 bits per heavy atom. The standard InChI is InChI=1S/C49H79NO8/c1-3-5-7-9-11-13-15-17-19-21-22-23-25-27-29-31-33-35-37-39-45(53)50-42(41-57-49-48(56)47(55)46(54)44(40-51)58-49)43(52)38-36-34-32-30-28-26-24-20-18-16-14-12-10-8-6-4-2/h5,7,11,13,17-20,22-23,27-30,33,35-36,38,42-44,46-49,51-52,54-56H,3-4,6,8-10,12,14-16,21,24-26,31-32,34,37,39-41H2,1-2H3,(H,50,53)/b7-5-,13-11-,19-17-,20-18+,23-22-,29-27-,30-28+,35-33-,38-36+. The van der Waals surface area contributed by atoms with Gasteiger partial charge in [0.2, 0.25) is 5.91 Å². The minimum absolute atomic E-state index is 0.203. The normalized spacial score (nSPS) is 21.9. The van der Waals surface area contributed by atoms with Crippen LogP contribution in [0.4, 0.5) is 0 Å². The second-order valence-electron chi connectivity index (χ2n) is 14.7. The maximum Gasteiger partial charge on any atom is 0.220 e. The summed E-state index contributed by atoms with van der Waals surface area (Å²) in [6.45, 7) is 3.55. The molecule has 0 aromatic carbocycles. The minimum Gasteiger partial charge on any atom is -0.394 e. The molecule has 58 heavy (non-hydrogen) atoms. The Kier molecular flexibility index (Phi) is 34.7. The van der Waals surface area contributed by atoms with E-state index in [2.05, 4.69) is 104 Å². The summed E-state index contributed by atoms with van der Waals surface area (Å²) in [5, 5.41) is 54.0. The topological polar surface area (TPSA) is 149 Å². The van der Waals surface area contributed by atoms with Crippen LogP contribution in [0.3, 0.4) is 0 Å². The number of ether oxygens (including phenoxy) is 2. The number of aliphatic hydroxyl groups excluding tert-OH is 5. The summed E-state index contributed by atoms with van der Waals surface area (Å²) >= 11 is 0. The van der Waals surface area contributed by atoms with Crippen molar-refractivity contribution >= 4 is 5.91 Å². The van der Waals surface area contributed by atoms with Gasteiger partial charge < -0.3 is 40.3 Å². The first kappa shape index (κ1) is 52.9. The summed E-state index contributed by atoms with van der Waals surface area (Å²) in [6.07, 6.45) is 48.5. The first-order valence-electron chi connectivity index (χ1n) is 22.1. The average molecular weight is 810 g/mol. The van der Waals surface area contributed by atoms with Crippen molar-refractivity contribution in [1.29, 1.82) is 0 Å². The van der Waals surface area contributed by atoms with E-state index in [-0.39, 0.29) is 18.9 Å². The summed E-state index contributed by atoms with van der Waals surface area (Å²) in [4.78, 5) is 12.9. The van der Waals surface area contributed by atoms with E-state index >= 15 is 0 Å². The first-order valence-corrected chi connectivity index (χ1v) is 22.1. The molecule has 9 nitrogen and oxygen atoms in total. The molecule has 1 aliphatic rings. The molecule has 1 fully saturated rings. The number of nitrogens with one attached hydrogen (secondary N) is 1. The molecule has 0 bridgehead atoms. The highest BCUT2D eigenvalue weighted by Crippen LogP contribution is 2.22. The molecule has 328 valence electrons. The minimum atomic E-state index is -1.59. The molecule has 0 radical (unpaired) electrons. The van der Waals surface area contributed by atoms with Gasteiger partial charge in [-0.2, -0.15) is 0 Å². The maximum absolute atomic E-state index is 12.9. The third kappa shape index (κ3) is 28.3. The van der Waals surface area contributed by atoms with E-state index in [0.29, 0.717) is 12.8 Å². The number of carbonyl (C=O) groups excluding carboxylic acids is 1. The fourth-order valence-corrected chi connectivity index (χ4v) is 6.03. The second kappa shape index (κ2) is 38.1. The Morgan fingerprint density at radius 2 is 1.09 bits per heavy atom. The maximum atomic E-state index is 12.9. The summed E-state index contributed by atoms with van der Waals surface area (Å²) in [5.41, 5.74) is 0. The number of allylic oxidation sites excluding steroid dienone is 17. The van der Waals surface area contributed by atoms with Crippen LogP contribution in [0.1, 0.15) is 136 Å². The van der Waals surface area contributed by atoms with Gasteiger partial charge >= 0.3 is 0 Å². The smallest absolute Gasteiger partial charge is 0.220 e. The van der Waals surface area contributed by atoms with Gasteiger partial charge in [0, 0.05) is 6.42 Å². The van der Waals surface area contributed by atoms with Crippen LogP contribution >= 0.6 is 0 Å². The van der Waals surface area contributed by atoms with Gasteiger partial charge in [0.15, 0.2) is 6.29 Å². The fourth-order valence-electron chi connectivity index (χ4n) is 6.03. The zero-order valence-corrected chi connectivity index (χ0v) is 35.7. The van der Waals surface area contributed by atoms with Gasteiger partial charge in [0.1, 0.15) is 24.4 Å². The summed E-state index contributed by atoms with van der Waals surface area (Å²) < 4.78 is 11.1. The summed E-state index contributed by atoms with van der Waals surface area (Å²) in [6, 6.07) is -0.875. The molecule has 1 heterocycles. The van der Waals surface area contributed by atoms with Crippen molar-refractivity contribution in [3.63, 3.8) is 0 Å². The van der Waals surface area contributed by atoms with E-state index in [9.17, 15) is 30.3 Å². The van der Waals surface area contributed by atoms with Crippen molar-refractivity contribution in [3.05, 3.63) is 109 Å². The highest BCUT2D eigenvalue weighted by molar-refractivity contribution is 5.76. The molecule has 0 spiro atoms. The van der Waals surface area contributed by atoms with E-state index in [1.165, 1.54) is 38.5 Å². The van der Waals surface area contributed by atoms with Gasteiger partial charge in [-0.15, -0.1) is 0 Å². The van der Waals surface area contributed by atoms with Gasteiger partial charge in [-0.05, 0) is 83.5 Å². The van der Waals surface area contributed by atoms with Crippen molar-refractivity contribution in [2.24, 2.45) is 0 Å². The predicted molar refractivity (Wildman–Crippen MR) is 239 cm³/mol. The van der Waals surface area contributed by atoms with Crippen LogP contribution in [-0.2, 0) is 14.3 Å². The fraction of sp³-hybridized carbons (Fsp3) is 0.612. The lowest BCUT2D eigenvalue weighted by atomic mass is 9.99. The van der Waals surface area contributed by atoms with Crippen molar-refractivity contribution in [2.75, 3.05) is 13.2 Å². The molecular formula is C49H79NO8. The molecule has 6 N–H and O–H groups in total. The van der Waals surface area contributed by atoms with Crippen LogP contribution in [0.2, 0.25) is 0 Å². The Hall–Kier alpha value is -3.15. The zero-order valence-electron chi connectivity index (χ0n) is 35.7. The molecule has 1 saturated heterocycles. The quantitative estimate of drug-likeness (QED) is 0.0279. The zero-order chi connectivity index (χ0) is 42.3. The van der Waals surface area contributed by atoms with E-state index < -0.39 is 49.5 Å². The molecule has 1 amide bonds. The number of hydrogen-bond acceptors (Lipinski definition) is 8. The van der Waals surface area contributed by atoms with E-state index in [1.807, 2.05) is 18.2 Å². The molecule has 0 aliphatic carbocycles. The van der Waals surface area contributed by atoms with Crippen molar-refractivity contribution in [2.45, 2.75) is 179 Å². The van der Waals surface area contributed by atoms with Crippen LogP contribution in [0.15, 0.2) is 109 Å². The van der Waals surface area contributed by atoms with E-state index in [1.54, 1.807) is 6.08 Å². The predicted octanol–water partition coefficient (Wildman–Crippen LogP) is 9.11. The highest BCUT2D eigenvalue weighted by atomic mass is 16.7. The Balaban J connectivity index is 2.50. The van der Waals surface area contributed by atoms with Crippen molar-refractivity contribution in [3.8, 4) is 0 Å². The summed E-state index contributed by atoms with van der Waals surface area (Å²) in [5.74, 6) is -0.279. The average Bonchev–Trinajstić information content (AvgIpc) is 3.22. The monoisotopic (exact) mass is 810 g/mol. The number of hydrogen-bond donors (Lipinski definition) is 6. The van der Waals surface area contributed by atoms with E-state index in [0.717, 1.165) is 64.2 Å². The Labute approximate surface area is 351 Å². The number of aliphatic hydroxyl groups is 5. The summed E-state index contributed by atoms with van der Waals surface area (Å²) in [7, 11) is 0. The number of carbonyl (C=O) groups is 1. The molecule has 0 aromatic heterocycles. The lowest BCUT2D eigenvalue weighted by Crippen LogP contribution is -2.60. The van der Waals surface area contributed by atoms with Crippen molar-refractivity contribution < 1.29 is 39.8 Å². The van der Waals surface area contributed by atoms with E-state index in [4.69, 9.17) is 9.47 Å².